The SMILES string of the molecule is COC(=O)CS(=O)(=O)c1cncc(Br)c1.COC(=O)CSc1cncc(Br)c1. The van der Waals surface area contributed by atoms with Crippen LogP contribution in [-0.2, 0) is 28.9 Å². The number of sulfone groups is 1. The summed E-state index contributed by atoms with van der Waals surface area (Å²) in [5.74, 6) is -1.39. The molecule has 0 saturated carbocycles. The number of methoxy groups -OCH3 is 2. The highest BCUT2D eigenvalue weighted by Crippen LogP contribution is 2.20. The van der Waals surface area contributed by atoms with Crippen LogP contribution in [0.1, 0.15) is 0 Å². The number of carbonyl (C=O) groups is 2. The van der Waals surface area contributed by atoms with E-state index in [2.05, 4.69) is 51.3 Å². The summed E-state index contributed by atoms with van der Waals surface area (Å²) in [6, 6.07) is 3.28. The van der Waals surface area contributed by atoms with Gasteiger partial charge in [0.25, 0.3) is 0 Å². The predicted molar refractivity (Wildman–Crippen MR) is 111 cm³/mol. The van der Waals surface area contributed by atoms with Crippen molar-refractivity contribution in [3.05, 3.63) is 45.9 Å². The van der Waals surface area contributed by atoms with Crippen molar-refractivity contribution in [3.8, 4) is 0 Å². The first-order valence-electron chi connectivity index (χ1n) is 7.38. The quantitative estimate of drug-likeness (QED) is 0.392. The summed E-state index contributed by atoms with van der Waals surface area (Å²) in [6.45, 7) is 0. The van der Waals surface area contributed by atoms with E-state index in [0.29, 0.717) is 10.2 Å². The van der Waals surface area contributed by atoms with Gasteiger partial charge < -0.3 is 9.47 Å². The molecule has 0 aliphatic rings. The van der Waals surface area contributed by atoms with Crippen molar-refractivity contribution < 1.29 is 27.5 Å². The van der Waals surface area contributed by atoms with Gasteiger partial charge in [-0.3, -0.25) is 19.6 Å². The average molecular weight is 556 g/mol. The maximum atomic E-state index is 11.6. The van der Waals surface area contributed by atoms with Gasteiger partial charge in [-0.2, -0.15) is 0 Å². The van der Waals surface area contributed by atoms with Crippen LogP contribution in [0.5, 0.6) is 0 Å². The minimum absolute atomic E-state index is 0.0118. The molecule has 0 atom stereocenters. The molecule has 2 heterocycles. The van der Waals surface area contributed by atoms with Crippen LogP contribution in [-0.4, -0.2) is 56.0 Å². The van der Waals surface area contributed by atoms with Crippen LogP contribution in [0.15, 0.2) is 55.7 Å². The van der Waals surface area contributed by atoms with Crippen molar-refractivity contribution in [2.45, 2.75) is 9.79 Å². The Balaban J connectivity index is 0.000000283. The Bertz CT molecular complexity index is 925. The third kappa shape index (κ3) is 9.13. The Morgan fingerprint density at radius 3 is 2.07 bits per heavy atom. The summed E-state index contributed by atoms with van der Waals surface area (Å²) < 4.78 is 33.4. The molecule has 0 unspecified atom stereocenters. The second kappa shape index (κ2) is 12.1. The zero-order valence-electron chi connectivity index (χ0n) is 14.8. The Morgan fingerprint density at radius 2 is 1.54 bits per heavy atom. The highest BCUT2D eigenvalue weighted by molar-refractivity contribution is 9.10. The van der Waals surface area contributed by atoms with Gasteiger partial charge in [0.1, 0.15) is 0 Å². The fourth-order valence-electron chi connectivity index (χ4n) is 1.53. The maximum Gasteiger partial charge on any atom is 0.321 e. The molecule has 8 nitrogen and oxygen atoms in total. The van der Waals surface area contributed by atoms with Crippen molar-refractivity contribution >= 4 is 65.4 Å². The first kappa shape index (κ1) is 24.5. The van der Waals surface area contributed by atoms with Gasteiger partial charge in [-0.15, -0.1) is 11.8 Å². The molecule has 12 heteroatoms. The average Bonchev–Trinajstić information content (AvgIpc) is 2.66. The molecule has 0 fully saturated rings. The number of carbonyl (C=O) groups excluding carboxylic acids is 2. The van der Waals surface area contributed by atoms with Gasteiger partial charge in [-0.05, 0) is 44.0 Å². The fourth-order valence-corrected chi connectivity index (χ4v) is 4.44. The summed E-state index contributed by atoms with van der Waals surface area (Å²) in [5, 5.41) is 0. The van der Waals surface area contributed by atoms with Crippen molar-refractivity contribution in [1.29, 1.82) is 0 Å². The molecule has 0 aliphatic heterocycles. The van der Waals surface area contributed by atoms with Gasteiger partial charge in [-0.1, -0.05) is 0 Å². The van der Waals surface area contributed by atoms with E-state index in [1.54, 1.807) is 12.4 Å². The van der Waals surface area contributed by atoms with E-state index in [0.717, 1.165) is 16.5 Å². The second-order valence-electron chi connectivity index (χ2n) is 4.88. The minimum atomic E-state index is -3.66. The smallest absolute Gasteiger partial charge is 0.321 e. The van der Waals surface area contributed by atoms with Crippen molar-refractivity contribution in [3.63, 3.8) is 0 Å². The molecule has 0 aliphatic carbocycles. The largest absolute Gasteiger partial charge is 0.468 e. The van der Waals surface area contributed by atoms with E-state index in [4.69, 9.17) is 0 Å². The second-order valence-corrected chi connectivity index (χ2v) is 9.75. The van der Waals surface area contributed by atoms with Crippen LogP contribution in [0.4, 0.5) is 0 Å². The number of nitrogens with zero attached hydrogens (tertiary/aromatic N) is 2. The van der Waals surface area contributed by atoms with Crippen molar-refractivity contribution in [2.24, 2.45) is 0 Å². The predicted octanol–water partition coefficient (Wildman–Crippen LogP) is 2.90. The molecule has 0 spiro atoms. The van der Waals surface area contributed by atoms with E-state index >= 15 is 0 Å². The van der Waals surface area contributed by atoms with Gasteiger partial charge in [-0.25, -0.2) is 8.42 Å². The number of thioether (sulfide) groups is 1. The number of hydrogen-bond acceptors (Lipinski definition) is 9. The number of rotatable bonds is 6. The van der Waals surface area contributed by atoms with Crippen LogP contribution in [0.25, 0.3) is 0 Å². The zero-order valence-corrected chi connectivity index (χ0v) is 19.6. The Morgan fingerprint density at radius 1 is 0.964 bits per heavy atom. The molecule has 2 aromatic heterocycles. The summed E-state index contributed by atoms with van der Waals surface area (Å²) in [6.07, 6.45) is 6.04. The number of pyridine rings is 2. The van der Waals surface area contributed by atoms with Crippen LogP contribution in [0.3, 0.4) is 0 Å². The lowest BCUT2D eigenvalue weighted by Gasteiger charge is -2.02. The van der Waals surface area contributed by atoms with E-state index in [9.17, 15) is 18.0 Å². The van der Waals surface area contributed by atoms with Crippen molar-refractivity contribution in [2.75, 3.05) is 25.7 Å². The van der Waals surface area contributed by atoms with Crippen molar-refractivity contribution in [1.82, 2.24) is 9.97 Å². The molecule has 28 heavy (non-hydrogen) atoms. The Labute approximate surface area is 183 Å². The summed E-state index contributed by atoms with van der Waals surface area (Å²) in [7, 11) is -1.15. The summed E-state index contributed by atoms with van der Waals surface area (Å²) in [5.41, 5.74) is 0. The van der Waals surface area contributed by atoms with E-state index in [1.807, 2.05) is 6.07 Å². The minimum Gasteiger partial charge on any atom is -0.468 e. The van der Waals surface area contributed by atoms with Crippen LogP contribution < -0.4 is 0 Å². The molecule has 2 aromatic rings. The highest BCUT2D eigenvalue weighted by Gasteiger charge is 2.20. The van der Waals surface area contributed by atoms with Crippen LogP contribution >= 0.6 is 43.6 Å². The molecule has 152 valence electrons. The summed E-state index contributed by atoms with van der Waals surface area (Å²) >= 11 is 7.79. The Kier molecular flexibility index (Phi) is 10.6. The number of aromatic nitrogens is 2. The monoisotopic (exact) mass is 554 g/mol. The molecule has 0 amide bonds. The van der Waals surface area contributed by atoms with Gasteiger partial charge in [0.2, 0.25) is 0 Å². The summed E-state index contributed by atoms with van der Waals surface area (Å²) in [4.78, 5) is 30.3. The van der Waals surface area contributed by atoms with E-state index in [-0.39, 0.29) is 10.9 Å². The Hall–Kier alpha value is -1.50. The normalized spacial score (nSPS) is 10.4. The standard InChI is InChI=1S/C8H8BrNO4S.C8H8BrNO2S/c1-14-8(11)5-15(12,13)7-2-6(9)3-10-4-7;1-12-8(11)5-13-7-2-6(9)3-10-4-7/h2-4H,5H2,1H3;2-4H,5H2,1H3. The molecule has 0 bridgehead atoms. The third-order valence-electron chi connectivity index (χ3n) is 2.84. The number of halogens is 2. The first-order chi connectivity index (χ1) is 13.2. The topological polar surface area (TPSA) is 113 Å². The van der Waals surface area contributed by atoms with Crippen LogP contribution in [0, 0.1) is 0 Å². The molecule has 2 rings (SSSR count). The lowest BCUT2D eigenvalue weighted by molar-refractivity contribution is -0.138. The number of ether oxygens (including phenoxy) is 2. The molecule has 0 N–H and O–H groups in total. The van der Waals surface area contributed by atoms with E-state index < -0.39 is 21.6 Å². The maximum absolute atomic E-state index is 11.6. The third-order valence-corrected chi connectivity index (χ3v) is 6.20. The van der Waals surface area contributed by atoms with E-state index in [1.165, 1.54) is 37.3 Å². The molecule has 0 aromatic carbocycles. The fraction of sp³-hybridized carbons (Fsp3) is 0.250. The van der Waals surface area contributed by atoms with Gasteiger partial charge in [0.05, 0.1) is 24.9 Å². The van der Waals surface area contributed by atoms with Crippen LogP contribution in [0.2, 0.25) is 0 Å². The zero-order chi connectivity index (χ0) is 21.2. The molecule has 0 saturated heterocycles. The number of esters is 2. The lowest BCUT2D eigenvalue weighted by atomic mass is 10.5. The molecule has 0 radical (unpaired) electrons. The van der Waals surface area contributed by atoms with Gasteiger partial charge >= 0.3 is 11.9 Å². The lowest BCUT2D eigenvalue weighted by Crippen LogP contribution is -2.17. The number of hydrogen-bond donors (Lipinski definition) is 0. The molecular formula is C16H16Br2N2O6S2. The van der Waals surface area contributed by atoms with Gasteiger partial charge in [0, 0.05) is 38.6 Å². The highest BCUT2D eigenvalue weighted by atomic mass is 79.9. The molecular weight excluding hydrogens is 540 g/mol. The van der Waals surface area contributed by atoms with Gasteiger partial charge in [0.15, 0.2) is 15.6 Å². The first-order valence-corrected chi connectivity index (χ1v) is 11.6.